The lowest BCUT2D eigenvalue weighted by atomic mass is 9.66. The van der Waals surface area contributed by atoms with E-state index in [1.54, 1.807) is 12.1 Å². The fraction of sp³-hybridized carbons (Fsp3) is 0.364. The Bertz CT molecular complexity index is 913. The van der Waals surface area contributed by atoms with Crippen molar-refractivity contribution in [2.45, 2.75) is 5.41 Å². The van der Waals surface area contributed by atoms with Crippen molar-refractivity contribution in [3.05, 3.63) is 70.7 Å². The van der Waals surface area contributed by atoms with Crippen molar-refractivity contribution in [2.75, 3.05) is 39.3 Å². The third-order valence-corrected chi connectivity index (χ3v) is 6.61. The molecule has 0 aromatic heterocycles. The molecule has 144 valence electrons. The van der Waals surface area contributed by atoms with Gasteiger partial charge in [0.05, 0.1) is 21.7 Å². The van der Waals surface area contributed by atoms with E-state index in [1.807, 2.05) is 12.1 Å². The summed E-state index contributed by atoms with van der Waals surface area (Å²) in [4.78, 5) is 17.8. The number of nitrogens with zero attached hydrogens (tertiary/aromatic N) is 3. The average molecular weight is 395 g/mol. The van der Waals surface area contributed by atoms with Crippen LogP contribution in [-0.2, 0) is 5.41 Å². The minimum absolute atomic E-state index is 0.174. The molecular formula is C22H23ClN4O. The molecule has 0 saturated carbocycles. The average Bonchev–Trinajstić information content (AvgIpc) is 2.96. The van der Waals surface area contributed by atoms with Crippen molar-refractivity contribution >= 4 is 23.2 Å². The predicted molar refractivity (Wildman–Crippen MR) is 111 cm³/mol. The lowest BCUT2D eigenvalue weighted by molar-refractivity contribution is 0.0952. The van der Waals surface area contributed by atoms with Gasteiger partial charge in [0, 0.05) is 45.2 Å². The zero-order valence-corrected chi connectivity index (χ0v) is 16.4. The molecule has 6 heteroatoms. The van der Waals surface area contributed by atoms with Crippen LogP contribution in [0.25, 0.3) is 0 Å². The topological polar surface area (TPSA) is 47.9 Å². The fourth-order valence-electron chi connectivity index (χ4n) is 5.08. The normalized spacial score (nSPS) is 32.3. The van der Waals surface area contributed by atoms with Gasteiger partial charge in [-0.2, -0.15) is 5.10 Å². The summed E-state index contributed by atoms with van der Waals surface area (Å²) in [5.41, 5.74) is 5.48. The van der Waals surface area contributed by atoms with E-state index in [0.717, 1.165) is 45.0 Å². The van der Waals surface area contributed by atoms with Crippen LogP contribution in [0.4, 0.5) is 0 Å². The summed E-state index contributed by atoms with van der Waals surface area (Å²) >= 11 is 6.18. The molecule has 4 aliphatic heterocycles. The molecule has 2 unspecified atom stereocenters. The molecule has 1 amide bonds. The Morgan fingerprint density at radius 2 is 1.64 bits per heavy atom. The molecule has 4 saturated heterocycles. The molecule has 1 N–H and O–H groups in total. The molecule has 2 aromatic rings. The number of nitrogens with one attached hydrogen (secondary N) is 1. The van der Waals surface area contributed by atoms with Crippen LogP contribution in [0.3, 0.4) is 0 Å². The smallest absolute Gasteiger partial charge is 0.272 e. The molecule has 0 radical (unpaired) electrons. The Morgan fingerprint density at radius 1 is 1.00 bits per heavy atom. The van der Waals surface area contributed by atoms with E-state index in [0.29, 0.717) is 16.5 Å². The Morgan fingerprint density at radius 3 is 2.32 bits per heavy atom. The first-order valence-corrected chi connectivity index (χ1v) is 10.2. The van der Waals surface area contributed by atoms with Gasteiger partial charge in [-0.15, -0.1) is 0 Å². The Balaban J connectivity index is 1.53. The van der Waals surface area contributed by atoms with Gasteiger partial charge in [-0.25, -0.2) is 5.43 Å². The number of hydrazone groups is 1. The van der Waals surface area contributed by atoms with Crippen LogP contribution in [0.15, 0.2) is 59.7 Å². The number of carbonyl (C=O) groups excluding carboxylic acids is 1. The zero-order chi connectivity index (χ0) is 19.1. The molecule has 4 heterocycles. The largest absolute Gasteiger partial charge is 0.300 e. The maximum atomic E-state index is 12.7. The predicted octanol–water partition coefficient (Wildman–Crippen LogP) is 2.62. The van der Waals surface area contributed by atoms with Crippen LogP contribution in [0.2, 0.25) is 5.02 Å². The molecule has 4 fully saturated rings. The van der Waals surface area contributed by atoms with E-state index in [-0.39, 0.29) is 11.3 Å². The minimum Gasteiger partial charge on any atom is -0.300 e. The van der Waals surface area contributed by atoms with E-state index in [4.69, 9.17) is 16.7 Å². The van der Waals surface area contributed by atoms with Crippen molar-refractivity contribution in [1.29, 1.82) is 0 Å². The Hall–Kier alpha value is -2.21. The van der Waals surface area contributed by atoms with E-state index in [2.05, 4.69) is 45.6 Å². The highest BCUT2D eigenvalue weighted by Crippen LogP contribution is 2.41. The van der Waals surface area contributed by atoms with Gasteiger partial charge in [0.2, 0.25) is 0 Å². The minimum atomic E-state index is -0.256. The van der Waals surface area contributed by atoms with Gasteiger partial charge in [0.25, 0.3) is 5.91 Å². The van der Waals surface area contributed by atoms with Crippen molar-refractivity contribution in [2.24, 2.45) is 11.0 Å². The number of benzene rings is 2. The Kier molecular flexibility index (Phi) is 4.46. The van der Waals surface area contributed by atoms with Crippen molar-refractivity contribution in [1.82, 2.24) is 15.2 Å². The highest BCUT2D eigenvalue weighted by atomic mass is 35.5. The third-order valence-electron chi connectivity index (χ3n) is 6.28. The number of hydrogen-bond donors (Lipinski definition) is 1. The number of amides is 1. The van der Waals surface area contributed by atoms with Gasteiger partial charge in [0.1, 0.15) is 0 Å². The molecule has 4 aliphatic rings. The molecule has 28 heavy (non-hydrogen) atoms. The lowest BCUT2D eigenvalue weighted by Crippen LogP contribution is -2.64. The number of piperidine rings is 2. The van der Waals surface area contributed by atoms with Crippen molar-refractivity contribution < 1.29 is 4.79 Å². The van der Waals surface area contributed by atoms with E-state index in [9.17, 15) is 4.79 Å². The fourth-order valence-corrected chi connectivity index (χ4v) is 5.30. The van der Waals surface area contributed by atoms with Crippen LogP contribution in [0, 0.1) is 5.92 Å². The van der Waals surface area contributed by atoms with Gasteiger partial charge < -0.3 is 9.80 Å². The summed E-state index contributed by atoms with van der Waals surface area (Å²) in [5, 5.41) is 5.18. The van der Waals surface area contributed by atoms with Gasteiger partial charge in [0.15, 0.2) is 0 Å². The van der Waals surface area contributed by atoms with E-state index < -0.39 is 0 Å². The first-order chi connectivity index (χ1) is 13.7. The molecule has 2 aromatic carbocycles. The first-order valence-electron chi connectivity index (χ1n) is 9.79. The Labute approximate surface area is 170 Å². The summed E-state index contributed by atoms with van der Waals surface area (Å²) in [6.07, 6.45) is 0. The number of carbonyl (C=O) groups is 1. The van der Waals surface area contributed by atoms with Crippen LogP contribution in [0.1, 0.15) is 15.9 Å². The van der Waals surface area contributed by atoms with Crippen molar-refractivity contribution in [3.8, 4) is 0 Å². The molecule has 6 rings (SSSR count). The molecular weight excluding hydrogens is 372 g/mol. The van der Waals surface area contributed by atoms with Gasteiger partial charge in [-0.1, -0.05) is 54.1 Å². The van der Waals surface area contributed by atoms with E-state index in [1.165, 1.54) is 5.56 Å². The lowest BCUT2D eigenvalue weighted by Gasteiger charge is -2.50. The quantitative estimate of drug-likeness (QED) is 0.814. The molecule has 0 spiro atoms. The number of halogens is 1. The van der Waals surface area contributed by atoms with Crippen molar-refractivity contribution in [3.63, 3.8) is 0 Å². The summed E-state index contributed by atoms with van der Waals surface area (Å²) in [6.45, 7) is 6.11. The number of fused-ring (bicyclic) bond motifs is 1. The standard InChI is InChI=1S/C22H23ClN4O/c23-19-9-5-4-8-18(19)21(28)25-24-20-16-12-26-10-11-27(13-16)15-22(20,14-26)17-6-2-1-3-7-17/h1-9,16H,10-15H2,(H,25,28)/b24-20-. The maximum Gasteiger partial charge on any atom is 0.272 e. The molecule has 4 bridgehead atoms. The molecule has 0 aliphatic carbocycles. The van der Waals surface area contributed by atoms with Gasteiger partial charge in [-0.05, 0) is 17.7 Å². The third kappa shape index (κ3) is 2.94. The monoisotopic (exact) mass is 394 g/mol. The van der Waals surface area contributed by atoms with Crippen LogP contribution in [0.5, 0.6) is 0 Å². The highest BCUT2D eigenvalue weighted by molar-refractivity contribution is 6.33. The van der Waals surface area contributed by atoms with Gasteiger partial charge >= 0.3 is 0 Å². The number of rotatable bonds is 3. The highest BCUT2D eigenvalue weighted by Gasteiger charge is 2.53. The summed E-state index contributed by atoms with van der Waals surface area (Å²) < 4.78 is 0. The first kappa shape index (κ1) is 17.9. The van der Waals surface area contributed by atoms with Crippen LogP contribution >= 0.6 is 11.6 Å². The SMILES string of the molecule is O=C(N/N=C1/C2CN3CCN(C2)CC1(c1ccccc1)C3)c1ccccc1Cl. The van der Waals surface area contributed by atoms with E-state index >= 15 is 0 Å². The second-order valence-corrected chi connectivity index (χ2v) is 8.44. The second-order valence-electron chi connectivity index (χ2n) is 8.03. The number of hydrogen-bond acceptors (Lipinski definition) is 4. The maximum absolute atomic E-state index is 12.7. The van der Waals surface area contributed by atoms with Crippen LogP contribution < -0.4 is 5.43 Å². The molecule has 2 atom stereocenters. The second kappa shape index (κ2) is 6.99. The van der Waals surface area contributed by atoms with Crippen LogP contribution in [-0.4, -0.2) is 60.7 Å². The molecule has 5 nitrogen and oxygen atoms in total. The summed E-state index contributed by atoms with van der Waals surface area (Å²) in [7, 11) is 0. The summed E-state index contributed by atoms with van der Waals surface area (Å²) in [5.74, 6) is 0.0743. The summed E-state index contributed by atoms with van der Waals surface area (Å²) in [6, 6.07) is 17.7. The van der Waals surface area contributed by atoms with Gasteiger partial charge in [-0.3, -0.25) is 4.79 Å². The zero-order valence-electron chi connectivity index (χ0n) is 15.6.